The highest BCUT2D eigenvalue weighted by molar-refractivity contribution is 9.10. The molecule has 0 aliphatic carbocycles. The van der Waals surface area contributed by atoms with Gasteiger partial charge in [-0.25, -0.2) is 0 Å². The Morgan fingerprint density at radius 1 is 1.58 bits per heavy atom. The highest BCUT2D eigenvalue weighted by Crippen LogP contribution is 2.28. The minimum absolute atomic E-state index is 0.414. The standard InChI is InChI=1S/C9H9BrO2/c1-12-8-4-2-3-7(5-6-11)9(8)10/h2-4,6H,5H2,1H3. The van der Waals surface area contributed by atoms with Crippen LogP contribution in [0.15, 0.2) is 22.7 Å². The lowest BCUT2D eigenvalue weighted by atomic mass is 10.1. The second kappa shape index (κ2) is 4.26. The molecule has 2 nitrogen and oxygen atoms in total. The van der Waals surface area contributed by atoms with Crippen LogP contribution in [0.3, 0.4) is 0 Å². The third kappa shape index (κ3) is 1.85. The summed E-state index contributed by atoms with van der Waals surface area (Å²) < 4.78 is 5.93. The van der Waals surface area contributed by atoms with Gasteiger partial charge in [-0.15, -0.1) is 0 Å². The molecule has 0 radical (unpaired) electrons. The molecule has 0 aliphatic rings. The number of carbonyl (C=O) groups excluding carboxylic acids is 1. The summed E-state index contributed by atoms with van der Waals surface area (Å²) >= 11 is 3.36. The molecule has 3 heteroatoms. The molecule has 64 valence electrons. The Bertz CT molecular complexity index is 284. The van der Waals surface area contributed by atoms with Crippen molar-refractivity contribution in [2.75, 3.05) is 7.11 Å². The number of rotatable bonds is 3. The molecule has 0 saturated heterocycles. The summed E-state index contributed by atoms with van der Waals surface area (Å²) in [6.07, 6.45) is 1.29. The molecular formula is C9H9BrO2. The van der Waals surface area contributed by atoms with E-state index in [4.69, 9.17) is 4.74 Å². The molecule has 0 bridgehead atoms. The first-order chi connectivity index (χ1) is 5.79. The van der Waals surface area contributed by atoms with E-state index >= 15 is 0 Å². The van der Waals surface area contributed by atoms with Crippen LogP contribution in [0.1, 0.15) is 5.56 Å². The van der Waals surface area contributed by atoms with Gasteiger partial charge in [0.25, 0.3) is 0 Å². The maximum atomic E-state index is 10.3. The van der Waals surface area contributed by atoms with Crippen LogP contribution in [0.25, 0.3) is 0 Å². The van der Waals surface area contributed by atoms with Crippen molar-refractivity contribution < 1.29 is 9.53 Å². The highest BCUT2D eigenvalue weighted by Gasteiger charge is 2.03. The van der Waals surface area contributed by atoms with Gasteiger partial charge in [0.2, 0.25) is 0 Å². The Kier molecular flexibility index (Phi) is 3.29. The van der Waals surface area contributed by atoms with Gasteiger partial charge >= 0.3 is 0 Å². The lowest BCUT2D eigenvalue weighted by molar-refractivity contribution is -0.107. The molecule has 12 heavy (non-hydrogen) atoms. The van der Waals surface area contributed by atoms with Crippen molar-refractivity contribution >= 4 is 22.2 Å². The summed E-state index contributed by atoms with van der Waals surface area (Å²) in [5.41, 5.74) is 0.948. The first-order valence-corrected chi connectivity index (χ1v) is 4.34. The van der Waals surface area contributed by atoms with Gasteiger partial charge in [0.15, 0.2) is 0 Å². The molecule has 0 atom stereocenters. The molecule has 0 saturated carbocycles. The largest absolute Gasteiger partial charge is 0.496 e. The van der Waals surface area contributed by atoms with E-state index in [9.17, 15) is 4.79 Å². The van der Waals surface area contributed by atoms with Crippen LogP contribution in [0, 0.1) is 0 Å². The minimum Gasteiger partial charge on any atom is -0.496 e. The lowest BCUT2D eigenvalue weighted by Crippen LogP contribution is -1.91. The van der Waals surface area contributed by atoms with Crippen molar-refractivity contribution in [3.63, 3.8) is 0 Å². The summed E-state index contributed by atoms with van der Waals surface area (Å²) in [4.78, 5) is 10.3. The van der Waals surface area contributed by atoms with Crippen LogP contribution in [0.4, 0.5) is 0 Å². The zero-order chi connectivity index (χ0) is 8.97. The fourth-order valence-electron chi connectivity index (χ4n) is 0.961. The van der Waals surface area contributed by atoms with Crippen molar-refractivity contribution in [1.82, 2.24) is 0 Å². The zero-order valence-corrected chi connectivity index (χ0v) is 8.30. The maximum Gasteiger partial charge on any atom is 0.133 e. The predicted octanol–water partition coefficient (Wildman–Crippen LogP) is 2.20. The first-order valence-electron chi connectivity index (χ1n) is 3.54. The Morgan fingerprint density at radius 2 is 2.33 bits per heavy atom. The van der Waals surface area contributed by atoms with Crippen molar-refractivity contribution in [3.8, 4) is 5.75 Å². The van der Waals surface area contributed by atoms with E-state index < -0.39 is 0 Å². The number of aldehydes is 1. The molecule has 0 amide bonds. The van der Waals surface area contributed by atoms with Crippen LogP contribution in [0.5, 0.6) is 5.75 Å². The Hall–Kier alpha value is -0.830. The molecule has 0 heterocycles. The van der Waals surface area contributed by atoms with Crippen molar-refractivity contribution in [1.29, 1.82) is 0 Å². The van der Waals surface area contributed by atoms with Gasteiger partial charge < -0.3 is 9.53 Å². The number of halogens is 1. The average molecular weight is 229 g/mol. The normalized spacial score (nSPS) is 9.50. The summed E-state index contributed by atoms with van der Waals surface area (Å²) in [6, 6.07) is 5.60. The summed E-state index contributed by atoms with van der Waals surface area (Å²) in [6.45, 7) is 0. The van der Waals surface area contributed by atoms with E-state index in [0.29, 0.717) is 6.42 Å². The van der Waals surface area contributed by atoms with Gasteiger partial charge in [-0.05, 0) is 27.6 Å². The lowest BCUT2D eigenvalue weighted by Gasteiger charge is -2.05. The number of hydrogen-bond donors (Lipinski definition) is 0. The Balaban J connectivity index is 3.04. The number of benzene rings is 1. The molecule has 0 aliphatic heterocycles. The average Bonchev–Trinajstić information content (AvgIpc) is 2.09. The molecule has 1 aromatic carbocycles. The topological polar surface area (TPSA) is 26.3 Å². The summed E-state index contributed by atoms with van der Waals surface area (Å²) in [7, 11) is 1.60. The van der Waals surface area contributed by atoms with Gasteiger partial charge in [-0.3, -0.25) is 0 Å². The van der Waals surface area contributed by atoms with E-state index in [-0.39, 0.29) is 0 Å². The zero-order valence-electron chi connectivity index (χ0n) is 6.71. The van der Waals surface area contributed by atoms with E-state index in [0.717, 1.165) is 22.1 Å². The summed E-state index contributed by atoms with van der Waals surface area (Å²) in [5, 5.41) is 0. The molecule has 0 spiro atoms. The predicted molar refractivity (Wildman–Crippen MR) is 50.5 cm³/mol. The van der Waals surface area contributed by atoms with Gasteiger partial charge in [0, 0.05) is 6.42 Å². The minimum atomic E-state index is 0.414. The van der Waals surface area contributed by atoms with Crippen molar-refractivity contribution in [3.05, 3.63) is 28.2 Å². The molecule has 0 unspecified atom stereocenters. The quantitative estimate of drug-likeness (QED) is 0.742. The van der Waals surface area contributed by atoms with E-state index in [1.807, 2.05) is 18.2 Å². The number of hydrogen-bond acceptors (Lipinski definition) is 2. The van der Waals surface area contributed by atoms with Crippen LogP contribution < -0.4 is 4.74 Å². The molecule has 1 aromatic rings. The third-order valence-corrected chi connectivity index (χ3v) is 2.47. The second-order valence-electron chi connectivity index (χ2n) is 2.30. The number of ether oxygens (including phenoxy) is 1. The van der Waals surface area contributed by atoms with Crippen LogP contribution >= 0.6 is 15.9 Å². The number of methoxy groups -OCH3 is 1. The van der Waals surface area contributed by atoms with Gasteiger partial charge in [-0.1, -0.05) is 12.1 Å². The van der Waals surface area contributed by atoms with Gasteiger partial charge in [-0.2, -0.15) is 0 Å². The highest BCUT2D eigenvalue weighted by atomic mass is 79.9. The van der Waals surface area contributed by atoms with E-state index in [1.165, 1.54) is 0 Å². The van der Waals surface area contributed by atoms with Crippen LogP contribution in [-0.2, 0) is 11.2 Å². The summed E-state index contributed by atoms with van der Waals surface area (Å²) in [5.74, 6) is 0.759. The fourth-order valence-corrected chi connectivity index (χ4v) is 1.55. The fraction of sp³-hybridized carbons (Fsp3) is 0.222. The van der Waals surface area contributed by atoms with Gasteiger partial charge in [0.1, 0.15) is 12.0 Å². The van der Waals surface area contributed by atoms with Crippen molar-refractivity contribution in [2.45, 2.75) is 6.42 Å². The smallest absolute Gasteiger partial charge is 0.133 e. The van der Waals surface area contributed by atoms with E-state index in [2.05, 4.69) is 15.9 Å². The molecule has 1 rings (SSSR count). The van der Waals surface area contributed by atoms with Crippen molar-refractivity contribution in [2.24, 2.45) is 0 Å². The first kappa shape index (κ1) is 9.26. The SMILES string of the molecule is COc1cccc(CC=O)c1Br. The van der Waals surface area contributed by atoms with Gasteiger partial charge in [0.05, 0.1) is 11.6 Å². The molecular weight excluding hydrogens is 220 g/mol. The molecule has 0 N–H and O–H groups in total. The van der Waals surface area contributed by atoms with Crippen LogP contribution in [-0.4, -0.2) is 13.4 Å². The third-order valence-electron chi connectivity index (χ3n) is 1.57. The Labute approximate surface area is 79.7 Å². The van der Waals surface area contributed by atoms with E-state index in [1.54, 1.807) is 7.11 Å². The second-order valence-corrected chi connectivity index (χ2v) is 3.10. The molecule has 0 fully saturated rings. The molecule has 0 aromatic heterocycles. The van der Waals surface area contributed by atoms with Crippen LogP contribution in [0.2, 0.25) is 0 Å². The maximum absolute atomic E-state index is 10.3. The monoisotopic (exact) mass is 228 g/mol. The number of carbonyl (C=O) groups is 1. The Morgan fingerprint density at radius 3 is 2.92 bits per heavy atom.